The quantitative estimate of drug-likeness (QED) is 0.647. The number of carbonyl (C=O) groups excluding carboxylic acids is 1. The number of fused-ring (bicyclic) bond motifs is 1. The van der Waals surface area contributed by atoms with Gasteiger partial charge in [0, 0.05) is 16.5 Å². The van der Waals surface area contributed by atoms with E-state index in [4.69, 9.17) is 0 Å². The van der Waals surface area contributed by atoms with Gasteiger partial charge in [-0.2, -0.15) is 0 Å². The lowest BCUT2D eigenvalue weighted by molar-refractivity contribution is 0.102. The molecule has 0 spiro atoms. The molecule has 1 saturated heterocycles. The molecule has 1 atom stereocenters. The van der Waals surface area contributed by atoms with Gasteiger partial charge in [0.25, 0.3) is 5.91 Å². The summed E-state index contributed by atoms with van der Waals surface area (Å²) in [6, 6.07) is 4.94. The van der Waals surface area contributed by atoms with Gasteiger partial charge in [-0.1, -0.05) is 6.42 Å². The second-order valence-corrected chi connectivity index (χ2v) is 12.7. The number of nitrogens with zero attached hydrogens (tertiary/aromatic N) is 1. The van der Waals surface area contributed by atoms with Crippen molar-refractivity contribution in [3.8, 4) is 0 Å². The van der Waals surface area contributed by atoms with E-state index in [9.17, 15) is 21.6 Å². The summed E-state index contributed by atoms with van der Waals surface area (Å²) in [6.07, 6.45) is 5.64. The third-order valence-corrected chi connectivity index (χ3v) is 9.67. The van der Waals surface area contributed by atoms with Crippen molar-refractivity contribution < 1.29 is 21.6 Å². The molecule has 1 aliphatic carbocycles. The minimum absolute atomic E-state index is 0.00990. The lowest BCUT2D eigenvalue weighted by Crippen LogP contribution is -2.35. The Hall–Kier alpha value is -1.82. The number of sulfonamides is 1. The van der Waals surface area contributed by atoms with Crippen LogP contribution in [0.25, 0.3) is 0 Å². The summed E-state index contributed by atoms with van der Waals surface area (Å²) in [6.45, 7) is 0. The normalized spacial score (nSPS) is 21.0. The number of benzene rings is 1. The highest BCUT2D eigenvalue weighted by Crippen LogP contribution is 2.29. The summed E-state index contributed by atoms with van der Waals surface area (Å²) < 4.78 is 50.5. The fraction of sp³-hybridized carbons (Fsp3) is 0.474. The van der Waals surface area contributed by atoms with E-state index in [1.54, 1.807) is 0 Å². The van der Waals surface area contributed by atoms with Crippen LogP contribution in [0.15, 0.2) is 29.2 Å². The average Bonchev–Trinajstić information content (AvgIpc) is 3.15. The van der Waals surface area contributed by atoms with E-state index in [-0.39, 0.29) is 28.7 Å². The third-order valence-electron chi connectivity index (χ3n) is 5.30. The molecule has 0 saturated carbocycles. The van der Waals surface area contributed by atoms with E-state index in [1.165, 1.54) is 46.9 Å². The van der Waals surface area contributed by atoms with Crippen molar-refractivity contribution in [2.45, 2.75) is 49.5 Å². The molecule has 1 fully saturated rings. The van der Waals surface area contributed by atoms with Crippen LogP contribution in [0.4, 0.5) is 5.13 Å². The van der Waals surface area contributed by atoms with Gasteiger partial charge < -0.3 is 0 Å². The van der Waals surface area contributed by atoms with Gasteiger partial charge in [0.1, 0.15) is 0 Å². The molecule has 162 valence electrons. The van der Waals surface area contributed by atoms with Gasteiger partial charge in [-0.15, -0.1) is 11.3 Å². The van der Waals surface area contributed by atoms with Crippen LogP contribution < -0.4 is 10.0 Å². The van der Waals surface area contributed by atoms with Gasteiger partial charge in [-0.25, -0.2) is 26.5 Å². The highest BCUT2D eigenvalue weighted by molar-refractivity contribution is 7.92. The van der Waals surface area contributed by atoms with E-state index in [2.05, 4.69) is 15.0 Å². The molecule has 1 aromatic heterocycles. The maximum Gasteiger partial charge on any atom is 0.257 e. The number of carbonyl (C=O) groups is 1. The second-order valence-electron chi connectivity index (χ2n) is 7.65. The van der Waals surface area contributed by atoms with Crippen molar-refractivity contribution in [1.82, 2.24) is 9.71 Å². The fourth-order valence-electron chi connectivity index (χ4n) is 3.71. The van der Waals surface area contributed by atoms with Crippen molar-refractivity contribution in [2.24, 2.45) is 0 Å². The molecule has 0 bridgehead atoms. The van der Waals surface area contributed by atoms with Gasteiger partial charge in [-0.3, -0.25) is 10.1 Å². The standard InChI is InChI=1S/C19H23N3O5S3/c23-18(21-19-20-16-4-2-1-3-5-17(16)28-19)13-6-8-15(9-7-13)30(26,27)22-14-10-11-29(24,25)12-14/h6-9,14,22H,1-5,10-12H2,(H,20,21,23). The Morgan fingerprint density at radius 2 is 1.83 bits per heavy atom. The zero-order chi connectivity index (χ0) is 21.4. The van der Waals surface area contributed by atoms with Gasteiger partial charge in [0.05, 0.1) is 22.1 Å². The Balaban J connectivity index is 1.42. The van der Waals surface area contributed by atoms with Crippen molar-refractivity contribution in [1.29, 1.82) is 0 Å². The van der Waals surface area contributed by atoms with Crippen molar-refractivity contribution in [3.63, 3.8) is 0 Å². The fourth-order valence-corrected chi connectivity index (χ4v) is 7.81. The average molecular weight is 470 g/mol. The zero-order valence-corrected chi connectivity index (χ0v) is 18.7. The molecule has 1 amide bonds. The first-order chi connectivity index (χ1) is 14.2. The number of sulfone groups is 1. The van der Waals surface area contributed by atoms with Gasteiger partial charge in [0.15, 0.2) is 15.0 Å². The van der Waals surface area contributed by atoms with Crippen LogP contribution in [0.2, 0.25) is 0 Å². The molecule has 2 heterocycles. The van der Waals surface area contributed by atoms with Gasteiger partial charge in [0.2, 0.25) is 10.0 Å². The van der Waals surface area contributed by atoms with E-state index in [0.717, 1.165) is 31.4 Å². The number of aromatic nitrogens is 1. The number of hydrogen-bond acceptors (Lipinski definition) is 7. The summed E-state index contributed by atoms with van der Waals surface area (Å²) in [5.74, 6) is -0.554. The first-order valence-electron chi connectivity index (χ1n) is 9.85. The predicted octanol–water partition coefficient (Wildman–Crippen LogP) is 2.13. The largest absolute Gasteiger partial charge is 0.298 e. The topological polar surface area (TPSA) is 122 Å². The smallest absolute Gasteiger partial charge is 0.257 e. The second kappa shape index (κ2) is 8.37. The first-order valence-corrected chi connectivity index (χ1v) is 14.0. The van der Waals surface area contributed by atoms with Crippen LogP contribution in [0.5, 0.6) is 0 Å². The number of thiazole rings is 1. The minimum atomic E-state index is -3.86. The number of hydrogen-bond donors (Lipinski definition) is 2. The molecule has 1 aromatic carbocycles. The molecule has 2 aliphatic rings. The monoisotopic (exact) mass is 469 g/mol. The molecule has 1 unspecified atom stereocenters. The summed E-state index contributed by atoms with van der Waals surface area (Å²) in [4.78, 5) is 18.3. The van der Waals surface area contributed by atoms with Crippen LogP contribution in [0.1, 0.15) is 46.6 Å². The first kappa shape index (κ1) is 21.4. The lowest BCUT2D eigenvalue weighted by Gasteiger charge is -2.12. The van der Waals surface area contributed by atoms with Crippen LogP contribution in [-0.4, -0.2) is 45.3 Å². The highest BCUT2D eigenvalue weighted by atomic mass is 32.2. The minimum Gasteiger partial charge on any atom is -0.298 e. The summed E-state index contributed by atoms with van der Waals surface area (Å²) in [5, 5.41) is 3.36. The van der Waals surface area contributed by atoms with Crippen LogP contribution in [0, 0.1) is 0 Å². The molecule has 1 aliphatic heterocycles. The third kappa shape index (κ3) is 4.90. The summed E-state index contributed by atoms with van der Waals surface area (Å²) in [5.41, 5.74) is 1.39. The van der Waals surface area contributed by atoms with E-state index in [0.29, 0.717) is 10.7 Å². The van der Waals surface area contributed by atoms with E-state index in [1.807, 2.05) is 0 Å². The van der Waals surface area contributed by atoms with Gasteiger partial charge >= 0.3 is 0 Å². The summed E-state index contributed by atoms with van der Waals surface area (Å²) in [7, 11) is -7.04. The summed E-state index contributed by atoms with van der Waals surface area (Å²) >= 11 is 1.50. The molecule has 2 aromatic rings. The SMILES string of the molecule is O=C(Nc1nc2c(s1)CCCCC2)c1ccc(S(=O)(=O)NC2CCS(=O)(=O)C2)cc1. The maximum absolute atomic E-state index is 12.5. The maximum atomic E-state index is 12.5. The highest BCUT2D eigenvalue weighted by Gasteiger charge is 2.31. The van der Waals surface area contributed by atoms with Crippen molar-refractivity contribution in [3.05, 3.63) is 40.4 Å². The van der Waals surface area contributed by atoms with Crippen LogP contribution >= 0.6 is 11.3 Å². The number of rotatable bonds is 5. The van der Waals surface area contributed by atoms with Gasteiger partial charge in [-0.05, 0) is 56.4 Å². The molecule has 0 radical (unpaired) electrons. The lowest BCUT2D eigenvalue weighted by atomic mass is 10.2. The Morgan fingerprint density at radius 1 is 1.10 bits per heavy atom. The van der Waals surface area contributed by atoms with E-state index >= 15 is 0 Å². The molecule has 2 N–H and O–H groups in total. The van der Waals surface area contributed by atoms with Crippen molar-refractivity contribution >= 4 is 42.2 Å². The number of anilines is 1. The van der Waals surface area contributed by atoms with Crippen LogP contribution in [-0.2, 0) is 32.7 Å². The Labute approximate surface area is 180 Å². The number of amides is 1. The zero-order valence-electron chi connectivity index (χ0n) is 16.3. The molecular weight excluding hydrogens is 446 g/mol. The predicted molar refractivity (Wildman–Crippen MR) is 115 cm³/mol. The molecule has 11 heteroatoms. The molecule has 8 nitrogen and oxygen atoms in total. The Bertz CT molecular complexity index is 1130. The Kier molecular flexibility index (Phi) is 5.97. The Morgan fingerprint density at radius 3 is 2.53 bits per heavy atom. The molecule has 30 heavy (non-hydrogen) atoms. The number of nitrogens with one attached hydrogen (secondary N) is 2. The molecule has 4 rings (SSSR count). The molecular formula is C19H23N3O5S3. The van der Waals surface area contributed by atoms with Crippen molar-refractivity contribution in [2.75, 3.05) is 16.8 Å². The number of aryl methyl sites for hydroxylation is 2. The van der Waals surface area contributed by atoms with E-state index < -0.39 is 25.9 Å². The van der Waals surface area contributed by atoms with Crippen LogP contribution in [0.3, 0.4) is 0 Å².